The summed E-state index contributed by atoms with van der Waals surface area (Å²) in [6.07, 6.45) is 1.27. The fraction of sp³-hybridized carbons (Fsp3) is 0.417. The number of amides is 1. The van der Waals surface area contributed by atoms with E-state index in [9.17, 15) is 23.3 Å². The van der Waals surface area contributed by atoms with Crippen LogP contribution in [0.5, 0.6) is 0 Å². The summed E-state index contributed by atoms with van der Waals surface area (Å²) in [4.78, 5) is 21.3. The number of hydrogen-bond donors (Lipinski definition) is 0. The zero-order valence-corrected chi connectivity index (χ0v) is 12.1. The molecule has 1 aromatic rings. The second-order valence-electron chi connectivity index (χ2n) is 4.20. The summed E-state index contributed by atoms with van der Waals surface area (Å²) < 4.78 is 25.4. The van der Waals surface area contributed by atoms with Crippen LogP contribution in [0, 0.1) is 10.1 Å². The standard InChI is InChI=1S/C12H16N2O5S/c1-3-4-8-13(10(2)15)20(18,19)12-7-5-6-11(9-12)14(16)17/h5-7,9H,3-4,8H2,1-2H3. The molecule has 1 rings (SSSR count). The van der Waals surface area contributed by atoms with Crippen molar-refractivity contribution >= 4 is 21.6 Å². The number of benzene rings is 1. The number of rotatable bonds is 6. The summed E-state index contributed by atoms with van der Waals surface area (Å²) in [6, 6.07) is 4.67. The molecule has 1 amide bonds. The molecular weight excluding hydrogens is 284 g/mol. The van der Waals surface area contributed by atoms with E-state index in [1.165, 1.54) is 18.2 Å². The zero-order valence-electron chi connectivity index (χ0n) is 11.3. The SMILES string of the molecule is CCCCN(C(C)=O)S(=O)(=O)c1cccc([N+](=O)[O-])c1. The highest BCUT2D eigenvalue weighted by Crippen LogP contribution is 2.21. The third kappa shape index (κ3) is 3.53. The van der Waals surface area contributed by atoms with Crippen LogP contribution in [0.25, 0.3) is 0 Å². The number of carbonyl (C=O) groups is 1. The smallest absolute Gasteiger partial charge is 0.270 e. The lowest BCUT2D eigenvalue weighted by Crippen LogP contribution is -2.36. The summed E-state index contributed by atoms with van der Waals surface area (Å²) >= 11 is 0. The van der Waals surface area contributed by atoms with Crippen molar-refractivity contribution in [1.29, 1.82) is 0 Å². The van der Waals surface area contributed by atoms with Gasteiger partial charge in [-0.25, -0.2) is 12.7 Å². The summed E-state index contributed by atoms with van der Waals surface area (Å²) in [7, 11) is -4.05. The van der Waals surface area contributed by atoms with Gasteiger partial charge in [-0.3, -0.25) is 14.9 Å². The molecule has 7 nitrogen and oxygen atoms in total. The van der Waals surface area contributed by atoms with E-state index < -0.39 is 20.9 Å². The maximum absolute atomic E-state index is 12.3. The molecule has 0 unspecified atom stereocenters. The van der Waals surface area contributed by atoms with Crippen LogP contribution in [0.15, 0.2) is 29.2 Å². The van der Waals surface area contributed by atoms with Gasteiger partial charge in [-0.2, -0.15) is 0 Å². The number of non-ortho nitro benzene ring substituents is 1. The van der Waals surface area contributed by atoms with Gasteiger partial charge in [0.05, 0.1) is 9.82 Å². The molecule has 0 aromatic heterocycles. The van der Waals surface area contributed by atoms with Gasteiger partial charge >= 0.3 is 0 Å². The summed E-state index contributed by atoms with van der Waals surface area (Å²) in [6.45, 7) is 3.10. The minimum atomic E-state index is -4.05. The van der Waals surface area contributed by atoms with Crippen LogP contribution in [0.2, 0.25) is 0 Å². The molecule has 0 heterocycles. The lowest BCUT2D eigenvalue weighted by molar-refractivity contribution is -0.385. The van der Waals surface area contributed by atoms with Crippen LogP contribution in [0.4, 0.5) is 5.69 Å². The van der Waals surface area contributed by atoms with E-state index in [0.717, 1.165) is 23.7 Å². The molecule has 8 heteroatoms. The first kappa shape index (κ1) is 16.1. The minimum Gasteiger partial charge on any atom is -0.274 e. The van der Waals surface area contributed by atoms with Crippen LogP contribution in [0.3, 0.4) is 0 Å². The van der Waals surface area contributed by atoms with Crippen LogP contribution < -0.4 is 0 Å². The molecule has 0 spiro atoms. The van der Waals surface area contributed by atoms with E-state index in [-0.39, 0.29) is 17.1 Å². The summed E-state index contributed by atoms with van der Waals surface area (Å²) in [5, 5.41) is 10.7. The van der Waals surface area contributed by atoms with Crippen molar-refractivity contribution in [2.45, 2.75) is 31.6 Å². The molecule has 0 aliphatic carbocycles. The molecule has 0 bridgehead atoms. The first-order valence-corrected chi connectivity index (χ1v) is 7.52. The molecule has 0 N–H and O–H groups in total. The molecule has 20 heavy (non-hydrogen) atoms. The van der Waals surface area contributed by atoms with E-state index in [4.69, 9.17) is 0 Å². The first-order valence-electron chi connectivity index (χ1n) is 6.08. The van der Waals surface area contributed by atoms with E-state index in [0.29, 0.717) is 6.42 Å². The summed E-state index contributed by atoms with van der Waals surface area (Å²) in [5.41, 5.74) is -0.329. The Kier molecular flexibility index (Phi) is 5.20. The van der Waals surface area contributed by atoms with Crippen molar-refractivity contribution in [1.82, 2.24) is 4.31 Å². The van der Waals surface area contributed by atoms with Crippen molar-refractivity contribution in [3.8, 4) is 0 Å². The molecule has 0 saturated carbocycles. The molecule has 0 saturated heterocycles. The highest BCUT2D eigenvalue weighted by atomic mass is 32.2. The number of hydrogen-bond acceptors (Lipinski definition) is 5. The Morgan fingerprint density at radius 3 is 2.55 bits per heavy atom. The Hall–Kier alpha value is -1.96. The average molecular weight is 300 g/mol. The monoisotopic (exact) mass is 300 g/mol. The maximum atomic E-state index is 12.3. The van der Waals surface area contributed by atoms with Crippen LogP contribution in [0.1, 0.15) is 26.7 Å². The third-order valence-electron chi connectivity index (χ3n) is 2.68. The number of unbranched alkanes of at least 4 members (excludes halogenated alkanes) is 1. The fourth-order valence-electron chi connectivity index (χ4n) is 1.63. The Labute approximate surface area is 117 Å². The van der Waals surface area contributed by atoms with Crippen molar-refractivity contribution in [2.24, 2.45) is 0 Å². The summed E-state index contributed by atoms with van der Waals surface area (Å²) in [5.74, 6) is -0.607. The molecule has 0 aliphatic heterocycles. The molecule has 0 atom stereocenters. The second-order valence-corrected chi connectivity index (χ2v) is 6.07. The number of nitrogens with zero attached hydrogens (tertiary/aromatic N) is 2. The zero-order chi connectivity index (χ0) is 15.3. The van der Waals surface area contributed by atoms with E-state index in [1.54, 1.807) is 0 Å². The predicted octanol–water partition coefficient (Wildman–Crippen LogP) is 1.93. The molecule has 110 valence electrons. The normalized spacial score (nSPS) is 11.1. The quantitative estimate of drug-likeness (QED) is 0.590. The Balaban J connectivity index is 3.22. The fourth-order valence-corrected chi connectivity index (χ4v) is 3.12. The van der Waals surface area contributed by atoms with Gasteiger partial charge in [0.15, 0.2) is 0 Å². The van der Waals surface area contributed by atoms with E-state index >= 15 is 0 Å². The van der Waals surface area contributed by atoms with E-state index in [2.05, 4.69) is 0 Å². The van der Waals surface area contributed by atoms with Gasteiger partial charge in [0.25, 0.3) is 15.7 Å². The topological polar surface area (TPSA) is 97.6 Å². The number of nitro groups is 1. The van der Waals surface area contributed by atoms with Crippen LogP contribution >= 0.6 is 0 Å². The third-order valence-corrected chi connectivity index (χ3v) is 4.55. The van der Waals surface area contributed by atoms with E-state index in [1.807, 2.05) is 6.92 Å². The number of carbonyl (C=O) groups excluding carboxylic acids is 1. The van der Waals surface area contributed by atoms with Gasteiger partial charge in [-0.1, -0.05) is 19.4 Å². The predicted molar refractivity (Wildman–Crippen MR) is 72.6 cm³/mol. The molecule has 0 fully saturated rings. The lowest BCUT2D eigenvalue weighted by Gasteiger charge is -2.20. The largest absolute Gasteiger partial charge is 0.274 e. The van der Waals surface area contributed by atoms with Crippen molar-refractivity contribution in [3.05, 3.63) is 34.4 Å². The molecule has 1 aromatic carbocycles. The Morgan fingerprint density at radius 2 is 2.05 bits per heavy atom. The van der Waals surface area contributed by atoms with Gasteiger partial charge in [-0.15, -0.1) is 0 Å². The Morgan fingerprint density at radius 1 is 1.40 bits per heavy atom. The van der Waals surface area contributed by atoms with Gasteiger partial charge in [0, 0.05) is 25.6 Å². The van der Waals surface area contributed by atoms with Crippen molar-refractivity contribution in [2.75, 3.05) is 6.54 Å². The Bertz CT molecular complexity index is 612. The maximum Gasteiger partial charge on any atom is 0.270 e. The number of nitro benzene ring substituents is 1. The minimum absolute atomic E-state index is 0.0663. The van der Waals surface area contributed by atoms with Gasteiger partial charge < -0.3 is 0 Å². The van der Waals surface area contributed by atoms with Crippen LogP contribution in [-0.4, -0.2) is 30.1 Å². The molecule has 0 radical (unpaired) electrons. The van der Waals surface area contributed by atoms with Crippen LogP contribution in [-0.2, 0) is 14.8 Å². The highest BCUT2D eigenvalue weighted by molar-refractivity contribution is 7.89. The first-order chi connectivity index (χ1) is 9.30. The second kappa shape index (κ2) is 6.47. The number of sulfonamides is 1. The van der Waals surface area contributed by atoms with Gasteiger partial charge in [0.2, 0.25) is 5.91 Å². The van der Waals surface area contributed by atoms with Crippen molar-refractivity contribution in [3.63, 3.8) is 0 Å². The lowest BCUT2D eigenvalue weighted by atomic mass is 10.3. The molecule has 0 aliphatic rings. The average Bonchev–Trinajstić information content (AvgIpc) is 2.38. The highest BCUT2D eigenvalue weighted by Gasteiger charge is 2.27. The van der Waals surface area contributed by atoms with Gasteiger partial charge in [-0.05, 0) is 12.5 Å². The molecular formula is C12H16N2O5S. The van der Waals surface area contributed by atoms with Gasteiger partial charge in [0.1, 0.15) is 0 Å². The van der Waals surface area contributed by atoms with Crippen molar-refractivity contribution < 1.29 is 18.1 Å².